The summed E-state index contributed by atoms with van der Waals surface area (Å²) in [5.74, 6) is 1.59. The Bertz CT molecular complexity index is 478. The molecule has 1 fully saturated rings. The molecule has 0 unspecified atom stereocenters. The lowest BCUT2D eigenvalue weighted by atomic mass is 10.1. The third-order valence-corrected chi connectivity index (χ3v) is 4.50. The highest BCUT2D eigenvalue weighted by Crippen LogP contribution is 2.53. The number of halogens is 1. The molecule has 2 nitrogen and oxygen atoms in total. The van der Waals surface area contributed by atoms with Gasteiger partial charge in [0.2, 0.25) is 5.91 Å². The van der Waals surface area contributed by atoms with Gasteiger partial charge in [-0.25, -0.2) is 0 Å². The summed E-state index contributed by atoms with van der Waals surface area (Å²) in [6.45, 7) is 0. The fourth-order valence-corrected chi connectivity index (χ4v) is 3.32. The van der Waals surface area contributed by atoms with Crippen LogP contribution in [-0.4, -0.2) is 5.91 Å². The molecule has 1 N–H and O–H groups in total. The Morgan fingerprint density at radius 2 is 1.63 bits per heavy atom. The average Bonchev–Trinajstić information content (AvgIpc) is 3.03. The molecular formula is C16H18ClNO. The number of hydrogen-bond acceptors (Lipinski definition) is 1. The van der Waals surface area contributed by atoms with Crippen molar-refractivity contribution in [3.05, 3.63) is 41.4 Å². The van der Waals surface area contributed by atoms with Crippen LogP contribution in [0, 0.1) is 17.8 Å². The summed E-state index contributed by atoms with van der Waals surface area (Å²) in [5, 5.41) is 3.70. The minimum atomic E-state index is 0.180. The Morgan fingerprint density at radius 1 is 1.05 bits per heavy atom. The number of nitrogens with one attached hydrogen (secondary N) is 1. The van der Waals surface area contributed by atoms with Gasteiger partial charge in [-0.05, 0) is 61.8 Å². The van der Waals surface area contributed by atoms with Crippen molar-refractivity contribution in [1.82, 2.24) is 0 Å². The third-order valence-electron chi connectivity index (χ3n) is 4.25. The van der Waals surface area contributed by atoms with Gasteiger partial charge in [0.1, 0.15) is 0 Å². The number of fused-ring (bicyclic) bond motifs is 1. The zero-order valence-corrected chi connectivity index (χ0v) is 11.6. The van der Waals surface area contributed by atoms with Gasteiger partial charge in [0.05, 0.1) is 0 Å². The number of carbonyl (C=O) groups is 1. The van der Waals surface area contributed by atoms with Crippen molar-refractivity contribution in [3.63, 3.8) is 0 Å². The second-order valence-corrected chi connectivity index (χ2v) is 5.91. The van der Waals surface area contributed by atoms with Crippen molar-refractivity contribution in [1.29, 1.82) is 0 Å². The van der Waals surface area contributed by atoms with E-state index in [0.717, 1.165) is 31.4 Å². The quantitative estimate of drug-likeness (QED) is 0.803. The Balaban J connectivity index is 1.61. The van der Waals surface area contributed by atoms with Crippen molar-refractivity contribution >= 4 is 23.2 Å². The number of allylic oxidation sites excluding steroid dienone is 2. The second kappa shape index (κ2) is 5.38. The maximum Gasteiger partial charge on any atom is 0.228 e. The van der Waals surface area contributed by atoms with Crippen molar-refractivity contribution in [2.75, 3.05) is 5.32 Å². The van der Waals surface area contributed by atoms with E-state index >= 15 is 0 Å². The van der Waals surface area contributed by atoms with E-state index in [2.05, 4.69) is 17.5 Å². The van der Waals surface area contributed by atoms with Crippen LogP contribution in [0.15, 0.2) is 36.4 Å². The van der Waals surface area contributed by atoms with E-state index in [0.29, 0.717) is 16.9 Å². The molecule has 2 aliphatic rings. The van der Waals surface area contributed by atoms with E-state index in [1.54, 1.807) is 12.1 Å². The fraction of sp³-hybridized carbons (Fsp3) is 0.438. The minimum absolute atomic E-state index is 0.180. The summed E-state index contributed by atoms with van der Waals surface area (Å²) < 4.78 is 0. The normalized spacial score (nSPS) is 30.7. The lowest BCUT2D eigenvalue weighted by Gasteiger charge is -2.04. The average molecular weight is 276 g/mol. The smallest absolute Gasteiger partial charge is 0.228 e. The van der Waals surface area contributed by atoms with Crippen molar-refractivity contribution in [2.45, 2.75) is 25.7 Å². The SMILES string of the molecule is O=C(Nc1ccc(Cl)cc1)C1[C@@H]2CC/C=C\CC[C@@H]12. The highest BCUT2D eigenvalue weighted by Gasteiger charge is 2.53. The summed E-state index contributed by atoms with van der Waals surface area (Å²) in [6, 6.07) is 7.31. The molecular weight excluding hydrogens is 258 g/mol. The molecule has 19 heavy (non-hydrogen) atoms. The molecule has 2 atom stereocenters. The second-order valence-electron chi connectivity index (χ2n) is 5.48. The first kappa shape index (κ1) is 12.7. The van der Waals surface area contributed by atoms with E-state index in [1.807, 2.05) is 12.1 Å². The monoisotopic (exact) mass is 275 g/mol. The van der Waals surface area contributed by atoms with E-state index in [9.17, 15) is 4.79 Å². The summed E-state index contributed by atoms with van der Waals surface area (Å²) >= 11 is 5.84. The lowest BCUT2D eigenvalue weighted by molar-refractivity contribution is -0.117. The van der Waals surface area contributed by atoms with Crippen LogP contribution in [0.4, 0.5) is 5.69 Å². The van der Waals surface area contributed by atoms with Crippen molar-refractivity contribution in [3.8, 4) is 0 Å². The Labute approximate surface area is 118 Å². The van der Waals surface area contributed by atoms with Crippen LogP contribution < -0.4 is 5.32 Å². The molecule has 0 saturated heterocycles. The summed E-state index contributed by atoms with van der Waals surface area (Å²) in [4.78, 5) is 12.3. The van der Waals surface area contributed by atoms with E-state index < -0.39 is 0 Å². The number of amides is 1. The number of benzene rings is 1. The van der Waals surface area contributed by atoms with Gasteiger partial charge in [0, 0.05) is 16.6 Å². The Hall–Kier alpha value is -1.28. The molecule has 0 bridgehead atoms. The lowest BCUT2D eigenvalue weighted by Crippen LogP contribution is -2.15. The highest BCUT2D eigenvalue weighted by molar-refractivity contribution is 6.30. The van der Waals surface area contributed by atoms with Crippen LogP contribution >= 0.6 is 11.6 Å². The van der Waals surface area contributed by atoms with Gasteiger partial charge in [0.15, 0.2) is 0 Å². The molecule has 1 aromatic carbocycles. The Kier molecular flexibility index (Phi) is 3.61. The molecule has 0 radical (unpaired) electrons. The van der Waals surface area contributed by atoms with Gasteiger partial charge in [-0.1, -0.05) is 23.8 Å². The topological polar surface area (TPSA) is 29.1 Å². The van der Waals surface area contributed by atoms with Gasteiger partial charge < -0.3 is 5.32 Å². The molecule has 0 aliphatic heterocycles. The predicted octanol–water partition coefficient (Wildman–Crippen LogP) is 4.27. The van der Waals surface area contributed by atoms with Gasteiger partial charge in [0.25, 0.3) is 0 Å². The maximum atomic E-state index is 12.3. The zero-order valence-electron chi connectivity index (χ0n) is 10.8. The number of carbonyl (C=O) groups excluding carboxylic acids is 1. The molecule has 1 aromatic rings. The van der Waals surface area contributed by atoms with Gasteiger partial charge in [-0.3, -0.25) is 4.79 Å². The largest absolute Gasteiger partial charge is 0.326 e. The zero-order chi connectivity index (χ0) is 13.2. The molecule has 3 rings (SSSR count). The van der Waals surface area contributed by atoms with Crippen LogP contribution in [0.5, 0.6) is 0 Å². The maximum absolute atomic E-state index is 12.3. The van der Waals surface area contributed by atoms with Crippen molar-refractivity contribution < 1.29 is 4.79 Å². The number of hydrogen-bond donors (Lipinski definition) is 1. The molecule has 2 aliphatic carbocycles. The number of anilines is 1. The fourth-order valence-electron chi connectivity index (χ4n) is 3.19. The van der Waals surface area contributed by atoms with Crippen molar-refractivity contribution in [2.24, 2.45) is 17.8 Å². The molecule has 100 valence electrons. The molecule has 0 aromatic heterocycles. The van der Waals surface area contributed by atoms with Crippen LogP contribution in [0.2, 0.25) is 5.02 Å². The number of rotatable bonds is 2. The standard InChI is InChI=1S/C16H18ClNO/c17-11-7-9-12(10-8-11)18-16(19)15-13-5-3-1-2-4-6-14(13)15/h1-2,7-10,13-15H,3-6H2,(H,18,19)/b2-1-/t13-,14-/m1/s1. The van der Waals surface area contributed by atoms with E-state index in [4.69, 9.17) is 11.6 Å². The third kappa shape index (κ3) is 2.84. The van der Waals surface area contributed by atoms with Gasteiger partial charge in [-0.15, -0.1) is 0 Å². The first-order chi connectivity index (χ1) is 9.25. The van der Waals surface area contributed by atoms with Gasteiger partial charge >= 0.3 is 0 Å². The molecule has 0 heterocycles. The van der Waals surface area contributed by atoms with Crippen LogP contribution in [-0.2, 0) is 4.79 Å². The molecule has 0 spiro atoms. The summed E-state index contributed by atoms with van der Waals surface area (Å²) in [6.07, 6.45) is 9.04. The van der Waals surface area contributed by atoms with Crippen LogP contribution in [0.25, 0.3) is 0 Å². The Morgan fingerprint density at radius 3 is 2.21 bits per heavy atom. The first-order valence-electron chi connectivity index (χ1n) is 6.97. The van der Waals surface area contributed by atoms with E-state index in [-0.39, 0.29) is 11.8 Å². The molecule has 1 amide bonds. The first-order valence-corrected chi connectivity index (χ1v) is 7.35. The van der Waals surface area contributed by atoms with Crippen LogP contribution in [0.1, 0.15) is 25.7 Å². The van der Waals surface area contributed by atoms with Crippen LogP contribution in [0.3, 0.4) is 0 Å². The van der Waals surface area contributed by atoms with Gasteiger partial charge in [-0.2, -0.15) is 0 Å². The molecule has 3 heteroatoms. The highest BCUT2D eigenvalue weighted by atomic mass is 35.5. The predicted molar refractivity (Wildman–Crippen MR) is 78.2 cm³/mol. The van der Waals surface area contributed by atoms with E-state index in [1.165, 1.54) is 0 Å². The molecule has 1 saturated carbocycles. The summed E-state index contributed by atoms with van der Waals surface area (Å²) in [5.41, 5.74) is 0.840. The summed E-state index contributed by atoms with van der Waals surface area (Å²) in [7, 11) is 0. The minimum Gasteiger partial charge on any atom is -0.326 e.